The van der Waals surface area contributed by atoms with Crippen molar-refractivity contribution in [2.75, 3.05) is 12.4 Å². The highest BCUT2D eigenvalue weighted by molar-refractivity contribution is 9.10. The van der Waals surface area contributed by atoms with Crippen LogP contribution in [0.3, 0.4) is 0 Å². The first-order chi connectivity index (χ1) is 9.61. The number of hydrogen-bond donors (Lipinski definition) is 1. The minimum Gasteiger partial charge on any atom is -0.465 e. The molecule has 0 bridgehead atoms. The molecular formula is C15H13BrFNO2. The van der Waals surface area contributed by atoms with Crippen LogP contribution < -0.4 is 5.32 Å². The van der Waals surface area contributed by atoms with Gasteiger partial charge in [0.25, 0.3) is 0 Å². The third kappa shape index (κ3) is 3.36. The van der Waals surface area contributed by atoms with Crippen LogP contribution in [0.1, 0.15) is 15.9 Å². The van der Waals surface area contributed by atoms with Crippen LogP contribution in [0.2, 0.25) is 0 Å². The number of anilines is 1. The van der Waals surface area contributed by atoms with Gasteiger partial charge in [-0.25, -0.2) is 9.18 Å². The quantitative estimate of drug-likeness (QED) is 0.857. The molecule has 5 heteroatoms. The first-order valence-corrected chi connectivity index (χ1v) is 6.76. The zero-order chi connectivity index (χ0) is 14.5. The van der Waals surface area contributed by atoms with Crippen LogP contribution >= 0.6 is 15.9 Å². The number of carbonyl (C=O) groups is 1. The molecule has 2 aromatic rings. The molecule has 3 nitrogen and oxygen atoms in total. The van der Waals surface area contributed by atoms with Crippen molar-refractivity contribution < 1.29 is 13.9 Å². The molecule has 0 aliphatic rings. The summed E-state index contributed by atoms with van der Waals surface area (Å²) in [5.74, 6) is -0.710. The van der Waals surface area contributed by atoms with E-state index in [1.54, 1.807) is 18.2 Å². The van der Waals surface area contributed by atoms with Gasteiger partial charge >= 0.3 is 5.97 Å². The van der Waals surface area contributed by atoms with E-state index < -0.39 is 0 Å². The topological polar surface area (TPSA) is 38.3 Å². The summed E-state index contributed by atoms with van der Waals surface area (Å²) >= 11 is 3.34. The van der Waals surface area contributed by atoms with Crippen LogP contribution in [0.5, 0.6) is 0 Å². The molecule has 0 unspecified atom stereocenters. The van der Waals surface area contributed by atoms with Crippen molar-refractivity contribution in [3.63, 3.8) is 0 Å². The largest absolute Gasteiger partial charge is 0.465 e. The van der Waals surface area contributed by atoms with Crippen LogP contribution in [0.15, 0.2) is 46.9 Å². The molecule has 0 aliphatic carbocycles. The molecule has 0 amide bonds. The maximum Gasteiger partial charge on any atom is 0.338 e. The Hall–Kier alpha value is -1.88. The normalized spacial score (nSPS) is 10.2. The molecule has 20 heavy (non-hydrogen) atoms. The summed E-state index contributed by atoms with van der Waals surface area (Å²) in [5.41, 5.74) is 1.91. The Balaban J connectivity index is 2.19. The highest BCUT2D eigenvalue weighted by Gasteiger charge is 2.11. The summed E-state index contributed by atoms with van der Waals surface area (Å²) in [4.78, 5) is 11.6. The van der Waals surface area contributed by atoms with E-state index >= 15 is 0 Å². The number of hydrogen-bond acceptors (Lipinski definition) is 3. The molecule has 1 N–H and O–H groups in total. The van der Waals surface area contributed by atoms with Crippen LogP contribution in [0.4, 0.5) is 10.1 Å². The monoisotopic (exact) mass is 337 g/mol. The molecule has 0 radical (unpaired) electrons. The molecule has 0 fully saturated rings. The molecule has 2 rings (SSSR count). The fourth-order valence-electron chi connectivity index (χ4n) is 1.81. The SMILES string of the molecule is COC(=O)c1ccccc1CNc1cc(F)ccc1Br. The van der Waals surface area contributed by atoms with E-state index in [1.807, 2.05) is 12.1 Å². The lowest BCUT2D eigenvalue weighted by atomic mass is 10.1. The summed E-state index contributed by atoms with van der Waals surface area (Å²) in [5, 5.41) is 3.09. The first-order valence-electron chi connectivity index (χ1n) is 5.97. The maximum atomic E-state index is 13.2. The molecule has 0 heterocycles. The Morgan fingerprint density at radius 3 is 2.80 bits per heavy atom. The minimum absolute atomic E-state index is 0.322. The molecule has 0 spiro atoms. The van der Waals surface area contributed by atoms with Gasteiger partial charge in [0.15, 0.2) is 0 Å². The van der Waals surface area contributed by atoms with Crippen molar-refractivity contribution in [3.8, 4) is 0 Å². The molecule has 0 saturated carbocycles. The van der Waals surface area contributed by atoms with Crippen LogP contribution in [-0.2, 0) is 11.3 Å². The zero-order valence-corrected chi connectivity index (χ0v) is 12.4. The molecular weight excluding hydrogens is 325 g/mol. The molecule has 2 aromatic carbocycles. The van der Waals surface area contributed by atoms with Crippen LogP contribution in [0, 0.1) is 5.82 Å². The van der Waals surface area contributed by atoms with Gasteiger partial charge in [-0.15, -0.1) is 0 Å². The fourth-order valence-corrected chi connectivity index (χ4v) is 2.19. The number of methoxy groups -OCH3 is 1. The smallest absolute Gasteiger partial charge is 0.338 e. The average Bonchev–Trinajstić information content (AvgIpc) is 2.47. The standard InChI is InChI=1S/C15H13BrFNO2/c1-20-15(19)12-5-3-2-4-10(12)9-18-14-8-11(17)6-7-13(14)16/h2-8,18H,9H2,1H3. The number of esters is 1. The van der Waals surface area contributed by atoms with Gasteiger partial charge in [-0.1, -0.05) is 18.2 Å². The van der Waals surface area contributed by atoms with Crippen molar-refractivity contribution in [1.29, 1.82) is 0 Å². The van der Waals surface area contributed by atoms with E-state index in [4.69, 9.17) is 4.74 Å². The van der Waals surface area contributed by atoms with Crippen LogP contribution in [-0.4, -0.2) is 13.1 Å². The molecule has 0 aromatic heterocycles. The van der Waals surface area contributed by atoms with Gasteiger partial charge in [-0.3, -0.25) is 0 Å². The highest BCUT2D eigenvalue weighted by atomic mass is 79.9. The Morgan fingerprint density at radius 2 is 2.05 bits per heavy atom. The highest BCUT2D eigenvalue weighted by Crippen LogP contribution is 2.24. The van der Waals surface area contributed by atoms with E-state index in [0.29, 0.717) is 17.8 Å². The fraction of sp³-hybridized carbons (Fsp3) is 0.133. The summed E-state index contributed by atoms with van der Waals surface area (Å²) in [6, 6.07) is 11.5. The molecule has 0 saturated heterocycles. The second-order valence-corrected chi connectivity index (χ2v) is 4.98. The van der Waals surface area contributed by atoms with E-state index in [2.05, 4.69) is 21.2 Å². The average molecular weight is 338 g/mol. The Labute approximate surface area is 124 Å². The van der Waals surface area contributed by atoms with Gasteiger partial charge in [0.2, 0.25) is 0 Å². The van der Waals surface area contributed by atoms with Gasteiger partial charge in [0, 0.05) is 11.0 Å². The lowest BCUT2D eigenvalue weighted by Crippen LogP contribution is -2.09. The number of halogens is 2. The van der Waals surface area contributed by atoms with Crippen LogP contribution in [0.25, 0.3) is 0 Å². The number of nitrogens with one attached hydrogen (secondary N) is 1. The number of ether oxygens (including phenoxy) is 1. The zero-order valence-electron chi connectivity index (χ0n) is 10.8. The Morgan fingerprint density at radius 1 is 1.30 bits per heavy atom. The van der Waals surface area contributed by atoms with Crippen molar-refractivity contribution in [2.24, 2.45) is 0 Å². The Kier molecular flexibility index (Phi) is 4.74. The van der Waals surface area contributed by atoms with Crippen molar-refractivity contribution in [3.05, 3.63) is 63.9 Å². The third-order valence-corrected chi connectivity index (χ3v) is 3.51. The van der Waals surface area contributed by atoms with Crippen molar-refractivity contribution in [2.45, 2.75) is 6.54 Å². The molecule has 0 atom stereocenters. The second-order valence-electron chi connectivity index (χ2n) is 4.13. The number of carbonyl (C=O) groups excluding carboxylic acids is 1. The van der Waals surface area contributed by atoms with Gasteiger partial charge in [-0.05, 0) is 45.8 Å². The second kappa shape index (κ2) is 6.52. The molecule has 104 valence electrons. The summed E-state index contributed by atoms with van der Waals surface area (Å²) in [6.07, 6.45) is 0. The summed E-state index contributed by atoms with van der Waals surface area (Å²) in [7, 11) is 1.34. The minimum atomic E-state index is -0.388. The Bertz CT molecular complexity index is 631. The predicted molar refractivity (Wildman–Crippen MR) is 79.2 cm³/mol. The predicted octanol–water partition coefficient (Wildman–Crippen LogP) is 3.99. The van der Waals surface area contributed by atoms with Gasteiger partial charge in [0.05, 0.1) is 18.4 Å². The van der Waals surface area contributed by atoms with Gasteiger partial charge in [-0.2, -0.15) is 0 Å². The lowest BCUT2D eigenvalue weighted by Gasteiger charge is -2.11. The van der Waals surface area contributed by atoms with E-state index in [-0.39, 0.29) is 11.8 Å². The number of rotatable bonds is 4. The van der Waals surface area contributed by atoms with E-state index in [9.17, 15) is 9.18 Å². The van der Waals surface area contributed by atoms with Crippen molar-refractivity contribution in [1.82, 2.24) is 0 Å². The molecule has 0 aliphatic heterocycles. The first kappa shape index (κ1) is 14.5. The van der Waals surface area contributed by atoms with E-state index in [1.165, 1.54) is 19.2 Å². The maximum absolute atomic E-state index is 13.2. The summed E-state index contributed by atoms with van der Waals surface area (Å²) < 4.78 is 18.7. The third-order valence-electron chi connectivity index (χ3n) is 2.82. The van der Waals surface area contributed by atoms with Gasteiger partial charge < -0.3 is 10.1 Å². The lowest BCUT2D eigenvalue weighted by molar-refractivity contribution is 0.0599. The van der Waals surface area contributed by atoms with Crippen molar-refractivity contribution >= 4 is 27.6 Å². The van der Waals surface area contributed by atoms with Gasteiger partial charge in [0.1, 0.15) is 5.82 Å². The van der Waals surface area contributed by atoms with E-state index in [0.717, 1.165) is 10.0 Å². The number of benzene rings is 2. The summed E-state index contributed by atoms with van der Waals surface area (Å²) in [6.45, 7) is 0.396.